The van der Waals surface area contributed by atoms with E-state index in [1.165, 1.54) is 60.8 Å². The Morgan fingerprint density at radius 1 is 0.271 bits per heavy atom. The average Bonchev–Trinajstić information content (AvgIpc) is 3.62. The Morgan fingerprint density at radius 2 is 0.729 bits per heavy atom. The van der Waals surface area contributed by atoms with Crippen LogP contribution in [-0.4, -0.2) is 15.0 Å². The van der Waals surface area contributed by atoms with Crippen LogP contribution in [0.3, 0.4) is 0 Å². The van der Waals surface area contributed by atoms with E-state index < -0.39 is 5.41 Å². The lowest BCUT2D eigenvalue weighted by molar-refractivity contribution is 0.769. The molecule has 0 amide bonds. The number of hydrogen-bond donors (Lipinski definition) is 0. The van der Waals surface area contributed by atoms with Crippen molar-refractivity contribution in [2.45, 2.75) is 5.41 Å². The number of nitrogens with zero attached hydrogens (tertiary/aromatic N) is 3. The molecule has 11 rings (SSSR count). The van der Waals surface area contributed by atoms with Gasteiger partial charge >= 0.3 is 0 Å². The Kier molecular flexibility index (Phi) is 8.37. The highest BCUT2D eigenvalue weighted by Gasteiger charge is 2.46. The second kappa shape index (κ2) is 14.3. The first-order valence-electron chi connectivity index (χ1n) is 20.1. The molecular weight excluding hydrogens is 715 g/mol. The lowest BCUT2D eigenvalue weighted by Crippen LogP contribution is -2.28. The maximum atomic E-state index is 5.02. The highest BCUT2D eigenvalue weighted by atomic mass is 15.0. The molecule has 3 heteroatoms. The monoisotopic (exact) mass is 751 g/mol. The van der Waals surface area contributed by atoms with Crippen LogP contribution in [0.5, 0.6) is 0 Å². The minimum absolute atomic E-state index is 0.512. The van der Waals surface area contributed by atoms with Crippen molar-refractivity contribution in [2.24, 2.45) is 0 Å². The molecule has 0 radical (unpaired) electrons. The summed E-state index contributed by atoms with van der Waals surface area (Å²) < 4.78 is 0. The van der Waals surface area contributed by atoms with Crippen LogP contribution in [0.1, 0.15) is 22.3 Å². The van der Waals surface area contributed by atoms with Crippen LogP contribution in [-0.2, 0) is 5.41 Å². The lowest BCUT2D eigenvalue weighted by Gasteiger charge is -2.34. The smallest absolute Gasteiger partial charge is 0.164 e. The Balaban J connectivity index is 1.14. The lowest BCUT2D eigenvalue weighted by atomic mass is 9.67. The van der Waals surface area contributed by atoms with Crippen LogP contribution in [0, 0.1) is 0 Å². The molecule has 1 aliphatic carbocycles. The van der Waals surface area contributed by atoms with Crippen LogP contribution in [0.15, 0.2) is 224 Å². The molecule has 0 saturated carbocycles. The van der Waals surface area contributed by atoms with Gasteiger partial charge in [0.2, 0.25) is 0 Å². The molecule has 10 aromatic rings. The number of fused-ring (bicyclic) bond motifs is 4. The first-order chi connectivity index (χ1) is 29.3. The maximum Gasteiger partial charge on any atom is 0.164 e. The van der Waals surface area contributed by atoms with Crippen molar-refractivity contribution >= 4 is 10.8 Å². The van der Waals surface area contributed by atoms with Crippen molar-refractivity contribution in [3.63, 3.8) is 0 Å². The Bertz CT molecular complexity index is 3020. The topological polar surface area (TPSA) is 38.7 Å². The first-order valence-corrected chi connectivity index (χ1v) is 20.1. The van der Waals surface area contributed by atoms with E-state index >= 15 is 0 Å². The molecule has 1 aromatic heterocycles. The van der Waals surface area contributed by atoms with Gasteiger partial charge in [-0.25, -0.2) is 15.0 Å². The van der Waals surface area contributed by atoms with Crippen LogP contribution in [0.2, 0.25) is 0 Å². The summed E-state index contributed by atoms with van der Waals surface area (Å²) in [6.45, 7) is 0. The highest BCUT2D eigenvalue weighted by molar-refractivity contribution is 6.03. The van der Waals surface area contributed by atoms with E-state index in [1.807, 2.05) is 60.7 Å². The van der Waals surface area contributed by atoms with Crippen molar-refractivity contribution < 1.29 is 0 Å². The molecule has 1 heterocycles. The summed E-state index contributed by atoms with van der Waals surface area (Å²) in [5.41, 5.74) is 14.6. The van der Waals surface area contributed by atoms with Crippen molar-refractivity contribution in [3.05, 3.63) is 247 Å². The molecule has 0 bridgehead atoms. The fourth-order valence-corrected chi connectivity index (χ4v) is 9.15. The first kappa shape index (κ1) is 34.5. The van der Waals surface area contributed by atoms with Crippen molar-refractivity contribution in [1.82, 2.24) is 15.0 Å². The predicted octanol–water partition coefficient (Wildman–Crippen LogP) is 13.7. The van der Waals surface area contributed by atoms with Gasteiger partial charge in [-0.3, -0.25) is 0 Å². The number of benzene rings is 9. The van der Waals surface area contributed by atoms with Crippen molar-refractivity contribution in [2.75, 3.05) is 0 Å². The van der Waals surface area contributed by atoms with E-state index in [2.05, 4.69) is 164 Å². The fraction of sp³-hybridized carbons (Fsp3) is 0.0179. The van der Waals surface area contributed by atoms with Crippen molar-refractivity contribution in [1.29, 1.82) is 0 Å². The number of hydrogen-bond acceptors (Lipinski definition) is 3. The molecule has 276 valence electrons. The van der Waals surface area contributed by atoms with Gasteiger partial charge in [-0.05, 0) is 78.5 Å². The van der Waals surface area contributed by atoms with E-state index in [-0.39, 0.29) is 0 Å². The minimum atomic E-state index is -0.512. The summed E-state index contributed by atoms with van der Waals surface area (Å²) in [6, 6.07) is 80.3. The molecular formula is C56H37N3. The predicted molar refractivity (Wildman–Crippen MR) is 242 cm³/mol. The molecule has 0 fully saturated rings. The zero-order valence-electron chi connectivity index (χ0n) is 32.2. The molecule has 0 aliphatic heterocycles. The van der Waals surface area contributed by atoms with Crippen LogP contribution in [0.4, 0.5) is 0 Å². The third kappa shape index (κ3) is 5.78. The van der Waals surface area contributed by atoms with E-state index in [1.54, 1.807) is 0 Å². The van der Waals surface area contributed by atoms with Gasteiger partial charge in [0.05, 0.1) is 5.41 Å². The van der Waals surface area contributed by atoms with Crippen molar-refractivity contribution in [3.8, 4) is 67.5 Å². The summed E-state index contributed by atoms with van der Waals surface area (Å²) in [5.74, 6) is 1.93. The summed E-state index contributed by atoms with van der Waals surface area (Å²) in [5, 5.41) is 2.44. The summed E-state index contributed by atoms with van der Waals surface area (Å²) >= 11 is 0. The quantitative estimate of drug-likeness (QED) is 0.163. The number of rotatable bonds is 7. The zero-order valence-corrected chi connectivity index (χ0v) is 32.2. The Hall–Kier alpha value is -7.75. The average molecular weight is 752 g/mol. The largest absolute Gasteiger partial charge is 0.208 e. The molecule has 1 aliphatic rings. The van der Waals surface area contributed by atoms with Crippen LogP contribution < -0.4 is 0 Å². The SMILES string of the molecule is c1ccc(-c2nc(-c3ccccc3)nc(-c3ccc(-c4cc5c(cc4-c4cccc6ccccc46)C(c4ccccc4)(c4ccccc4)c4ccccc4-5)cc3)n2)cc1. The van der Waals surface area contributed by atoms with Gasteiger partial charge in [0.15, 0.2) is 17.5 Å². The van der Waals surface area contributed by atoms with Gasteiger partial charge < -0.3 is 0 Å². The molecule has 0 N–H and O–H groups in total. The molecule has 0 saturated heterocycles. The standard InChI is InChI=1S/C56H37N3/c1-5-19-40(20-6-1)53-57-54(41-21-7-2-8-22-41)59-55(58-53)42-34-32-39(33-35-42)48-36-50-47-29-15-16-31-51(47)56(43-24-9-3-10-25-43,44-26-11-4-12-27-44)52(50)37-49(48)46-30-17-23-38-18-13-14-28-45(38)46/h1-37H. The van der Waals surface area contributed by atoms with Gasteiger partial charge in [0, 0.05) is 16.7 Å². The van der Waals surface area contributed by atoms with Gasteiger partial charge in [-0.2, -0.15) is 0 Å². The molecule has 0 unspecified atom stereocenters. The third-order valence-corrected chi connectivity index (χ3v) is 11.8. The highest BCUT2D eigenvalue weighted by Crippen LogP contribution is 2.58. The summed E-state index contributed by atoms with van der Waals surface area (Å²) in [4.78, 5) is 15.0. The summed E-state index contributed by atoms with van der Waals surface area (Å²) in [7, 11) is 0. The van der Waals surface area contributed by atoms with Gasteiger partial charge in [-0.15, -0.1) is 0 Å². The molecule has 3 nitrogen and oxygen atoms in total. The van der Waals surface area contributed by atoms with Gasteiger partial charge in [0.25, 0.3) is 0 Å². The second-order valence-electron chi connectivity index (χ2n) is 15.1. The number of aromatic nitrogens is 3. The minimum Gasteiger partial charge on any atom is -0.208 e. The van der Waals surface area contributed by atoms with Gasteiger partial charge in [-0.1, -0.05) is 212 Å². The molecule has 0 spiro atoms. The summed E-state index contributed by atoms with van der Waals surface area (Å²) in [6.07, 6.45) is 0. The van der Waals surface area contributed by atoms with Gasteiger partial charge in [0.1, 0.15) is 0 Å². The van der Waals surface area contributed by atoms with E-state index in [9.17, 15) is 0 Å². The molecule has 9 aromatic carbocycles. The second-order valence-corrected chi connectivity index (χ2v) is 15.1. The molecule has 59 heavy (non-hydrogen) atoms. The van der Waals surface area contributed by atoms with Crippen LogP contribution in [0.25, 0.3) is 78.3 Å². The van der Waals surface area contributed by atoms with E-state index in [0.29, 0.717) is 17.5 Å². The van der Waals surface area contributed by atoms with E-state index in [4.69, 9.17) is 15.0 Å². The Morgan fingerprint density at radius 3 is 1.34 bits per heavy atom. The Labute approximate surface area is 344 Å². The third-order valence-electron chi connectivity index (χ3n) is 11.8. The van der Waals surface area contributed by atoms with Crippen LogP contribution >= 0.6 is 0 Å². The van der Waals surface area contributed by atoms with E-state index in [0.717, 1.165) is 22.3 Å². The molecule has 0 atom stereocenters. The zero-order chi connectivity index (χ0) is 39.2. The fourth-order valence-electron chi connectivity index (χ4n) is 9.15. The maximum absolute atomic E-state index is 5.02. The normalized spacial score (nSPS) is 12.5.